The molecule has 0 spiro atoms. The van der Waals surface area contributed by atoms with E-state index >= 15 is 0 Å². The van der Waals surface area contributed by atoms with Gasteiger partial charge in [-0.25, -0.2) is 0 Å². The highest BCUT2D eigenvalue weighted by Gasteiger charge is 2.54. The summed E-state index contributed by atoms with van der Waals surface area (Å²) in [6.07, 6.45) is 0.808. The second-order valence-corrected chi connectivity index (χ2v) is 3.28. The van der Waals surface area contributed by atoms with Crippen LogP contribution in [0.3, 0.4) is 0 Å². The van der Waals surface area contributed by atoms with Gasteiger partial charge in [-0.15, -0.1) is 0 Å². The van der Waals surface area contributed by atoms with E-state index in [0.717, 1.165) is 6.42 Å². The van der Waals surface area contributed by atoms with E-state index in [1.54, 1.807) is 0 Å². The average molecular weight is 152 g/mol. The van der Waals surface area contributed by atoms with Gasteiger partial charge < -0.3 is 9.22 Å². The molecule has 1 heterocycles. The van der Waals surface area contributed by atoms with Gasteiger partial charge in [0, 0.05) is 6.61 Å². The van der Waals surface area contributed by atoms with Gasteiger partial charge in [-0.05, 0) is 6.42 Å². The Morgan fingerprint density at radius 2 is 2.22 bits per heavy atom. The Kier molecular flexibility index (Phi) is 2.16. The van der Waals surface area contributed by atoms with Crippen molar-refractivity contribution >= 4 is 9.05 Å². The van der Waals surface area contributed by atoms with Crippen LogP contribution >= 0.6 is 0 Å². The first-order valence-corrected chi connectivity index (χ1v) is 4.34. The number of hydrogen-bond donors (Lipinski definition) is 1. The molecule has 0 radical (unpaired) electrons. The third kappa shape index (κ3) is 1.71. The van der Waals surface area contributed by atoms with Crippen LogP contribution in [0, 0.1) is 0 Å². The fraction of sp³-hybridized carbons (Fsp3) is 1.00. The summed E-state index contributed by atoms with van der Waals surface area (Å²) in [6.45, 7) is 2.34. The van der Waals surface area contributed by atoms with Crippen molar-refractivity contribution in [1.82, 2.24) is 0 Å². The molecule has 1 aliphatic heterocycles. The largest absolute Gasteiger partial charge is 0.737 e. The lowest BCUT2D eigenvalue weighted by Gasteiger charge is -2.25. The molecule has 0 atom stereocenters. The second kappa shape index (κ2) is 2.73. The first kappa shape index (κ1) is 7.13. The molecule has 0 unspecified atom stereocenters. The number of hydrogen-bond acceptors (Lipinski definition) is 5. The van der Waals surface area contributed by atoms with Crippen LogP contribution in [0.1, 0.15) is 13.3 Å². The van der Waals surface area contributed by atoms with Gasteiger partial charge in [0.2, 0.25) is 0 Å². The lowest BCUT2D eigenvalue weighted by Crippen LogP contribution is -2.54. The third-order valence-corrected chi connectivity index (χ3v) is 1.89. The normalized spacial score (nSPS) is 23.3. The van der Waals surface area contributed by atoms with Gasteiger partial charge in [0.15, 0.2) is 0 Å². The third-order valence-electron chi connectivity index (χ3n) is 0.767. The van der Waals surface area contributed by atoms with Crippen molar-refractivity contribution < 1.29 is 23.4 Å². The van der Waals surface area contributed by atoms with E-state index in [1.807, 2.05) is 6.92 Å². The Balaban J connectivity index is 2.09. The molecule has 0 amide bonds. The Hall–Kier alpha value is 0.0169. The summed E-state index contributed by atoms with van der Waals surface area (Å²) in [7, 11) is -3.24. The van der Waals surface area contributed by atoms with Crippen LogP contribution in [0.4, 0.5) is 0 Å². The zero-order valence-electron chi connectivity index (χ0n) is 4.99. The molecule has 0 aromatic rings. The quantitative estimate of drug-likeness (QED) is 0.446. The van der Waals surface area contributed by atoms with Gasteiger partial charge in [0.1, 0.15) is 0 Å². The van der Waals surface area contributed by atoms with Crippen LogP contribution in [0.15, 0.2) is 0 Å². The molecule has 1 fully saturated rings. The first-order chi connectivity index (χ1) is 4.27. The topological polar surface area (TPSA) is 57.2 Å². The summed E-state index contributed by atoms with van der Waals surface area (Å²) in [5, 5.41) is 3.82. The predicted molar refractivity (Wildman–Crippen MR) is 27.5 cm³/mol. The van der Waals surface area contributed by atoms with Crippen LogP contribution in [0.5, 0.6) is 0 Å². The molecule has 0 aromatic carbocycles. The Morgan fingerprint density at radius 3 is 2.56 bits per heavy atom. The lowest BCUT2D eigenvalue weighted by molar-refractivity contribution is -0.551. The van der Waals surface area contributed by atoms with Crippen LogP contribution in [-0.2, 0) is 18.6 Å². The Bertz CT molecular complexity index is 92.2. The molecule has 54 valence electrons. The molecule has 0 aliphatic carbocycles. The Morgan fingerprint density at radius 1 is 1.56 bits per heavy atom. The molecule has 1 rings (SSSR count). The molecule has 0 saturated carbocycles. The first-order valence-electron chi connectivity index (χ1n) is 2.67. The molecule has 1 aliphatic rings. The van der Waals surface area contributed by atoms with Gasteiger partial charge in [-0.2, -0.15) is 9.15 Å². The fourth-order valence-corrected chi connectivity index (χ4v) is 1.11. The fourth-order valence-electron chi connectivity index (χ4n) is 0.371. The van der Waals surface area contributed by atoms with Crippen molar-refractivity contribution in [2.45, 2.75) is 13.3 Å². The highest BCUT2D eigenvalue weighted by Crippen LogP contribution is 2.16. The van der Waals surface area contributed by atoms with E-state index in [-0.39, 0.29) is 0 Å². The van der Waals surface area contributed by atoms with Gasteiger partial charge in [-0.1, -0.05) is 12.0 Å². The van der Waals surface area contributed by atoms with Crippen molar-refractivity contribution in [2.75, 3.05) is 6.61 Å². The summed E-state index contributed by atoms with van der Waals surface area (Å²) < 4.78 is 13.1. The summed E-state index contributed by atoms with van der Waals surface area (Å²) >= 11 is 0. The van der Waals surface area contributed by atoms with E-state index in [2.05, 4.69) is 14.2 Å². The minimum absolute atomic E-state index is 0.423. The monoisotopic (exact) mass is 152 g/mol. The second-order valence-electron chi connectivity index (χ2n) is 1.61. The predicted octanol–water partition coefficient (Wildman–Crippen LogP) is -0.266. The maximum absolute atomic E-state index is 8.89. The van der Waals surface area contributed by atoms with Crippen LogP contribution in [0.2, 0.25) is 0 Å². The summed E-state index contributed by atoms with van der Waals surface area (Å²) in [4.78, 5) is 8.89. The van der Waals surface area contributed by atoms with Crippen LogP contribution in [0.25, 0.3) is 0 Å². The van der Waals surface area contributed by atoms with E-state index < -0.39 is 9.05 Å². The van der Waals surface area contributed by atoms with Crippen molar-refractivity contribution in [3.8, 4) is 0 Å². The maximum atomic E-state index is 8.89. The Labute approximate surface area is 53.4 Å². The summed E-state index contributed by atoms with van der Waals surface area (Å²) in [5.74, 6) is 0. The lowest BCUT2D eigenvalue weighted by atomic mass is 10.5. The molecule has 1 N–H and O–H groups in total. The number of rotatable bonds is 3. The summed E-state index contributed by atoms with van der Waals surface area (Å²) in [6, 6.07) is 0. The van der Waals surface area contributed by atoms with Crippen molar-refractivity contribution in [3.63, 3.8) is 0 Å². The summed E-state index contributed by atoms with van der Waals surface area (Å²) in [5.41, 5.74) is 0. The van der Waals surface area contributed by atoms with Gasteiger partial charge in [-0.3, -0.25) is 0 Å². The minimum Gasteiger partial charge on any atom is -0.365 e. The molecular weight excluding hydrogens is 144 g/mol. The molecular formula is C3H8O5Si. The highest BCUT2D eigenvalue weighted by atomic mass is 28.4. The van der Waals surface area contributed by atoms with Crippen LogP contribution < -0.4 is 0 Å². The molecule has 5 nitrogen and oxygen atoms in total. The highest BCUT2D eigenvalue weighted by molar-refractivity contribution is 6.52. The molecule has 1 saturated heterocycles. The van der Waals surface area contributed by atoms with Crippen molar-refractivity contribution in [3.05, 3.63) is 0 Å². The van der Waals surface area contributed by atoms with Gasteiger partial charge in [0.25, 0.3) is 0 Å². The van der Waals surface area contributed by atoms with Gasteiger partial charge in [0.05, 0.1) is 0 Å². The molecule has 6 heteroatoms. The van der Waals surface area contributed by atoms with Crippen molar-refractivity contribution in [1.29, 1.82) is 0 Å². The van der Waals surface area contributed by atoms with E-state index in [0.29, 0.717) is 6.61 Å². The van der Waals surface area contributed by atoms with E-state index in [1.165, 1.54) is 0 Å². The maximum Gasteiger partial charge on any atom is 0.737 e. The molecule has 0 bridgehead atoms. The smallest absolute Gasteiger partial charge is 0.365 e. The zero-order valence-corrected chi connectivity index (χ0v) is 5.99. The van der Waals surface area contributed by atoms with Crippen LogP contribution in [-0.4, -0.2) is 20.5 Å². The van der Waals surface area contributed by atoms with E-state index in [9.17, 15) is 0 Å². The van der Waals surface area contributed by atoms with E-state index in [4.69, 9.17) is 9.22 Å². The van der Waals surface area contributed by atoms with Crippen molar-refractivity contribution in [2.24, 2.45) is 0 Å². The standard InChI is InChI=1S/C3H8O5Si/c1-2-3-5-9(4)7-6-8-9/h4H,2-3H2,1H3. The minimum atomic E-state index is -3.24. The zero-order chi connectivity index (χ0) is 6.74. The van der Waals surface area contributed by atoms with Gasteiger partial charge >= 0.3 is 9.05 Å². The SMILES string of the molecule is CCCO[Si]1(O)OOO1. The molecule has 0 aromatic heterocycles. The average Bonchev–Trinajstić information content (AvgIpc) is 1.79. The molecule has 9 heavy (non-hydrogen) atoms.